The van der Waals surface area contributed by atoms with Gasteiger partial charge in [0, 0.05) is 23.5 Å². The topological polar surface area (TPSA) is 73.8 Å². The van der Waals surface area contributed by atoms with Gasteiger partial charge in [-0.3, -0.25) is 0 Å². The van der Waals surface area contributed by atoms with Crippen molar-refractivity contribution in [1.29, 1.82) is 0 Å². The highest BCUT2D eigenvalue weighted by atomic mass is 32.1. The summed E-state index contributed by atoms with van der Waals surface area (Å²) < 4.78 is 0. The average Bonchev–Trinajstić information content (AvgIpc) is 3.28. The molecular weight excluding hydrogens is 332 g/mol. The normalized spacial score (nSPS) is 12.7. The van der Waals surface area contributed by atoms with Crippen LogP contribution in [0.5, 0.6) is 0 Å². The fourth-order valence-corrected chi connectivity index (χ4v) is 3.87. The molecule has 25 heavy (non-hydrogen) atoms. The second-order valence-electron chi connectivity index (χ2n) is 6.07. The highest BCUT2D eigenvalue weighted by molar-refractivity contribution is 7.16. The van der Waals surface area contributed by atoms with E-state index in [1.807, 2.05) is 36.7 Å². The van der Waals surface area contributed by atoms with Gasteiger partial charge in [-0.25, -0.2) is 9.97 Å². The van der Waals surface area contributed by atoms with E-state index in [4.69, 9.17) is 0 Å². The zero-order chi connectivity index (χ0) is 17.2. The Morgan fingerprint density at radius 2 is 2.08 bits per heavy atom. The van der Waals surface area contributed by atoms with Crippen LogP contribution in [-0.4, -0.2) is 32.7 Å². The fourth-order valence-electron chi connectivity index (χ4n) is 3.09. The van der Waals surface area contributed by atoms with Crippen LogP contribution < -0.4 is 5.32 Å². The first kappa shape index (κ1) is 16.1. The number of aromatic nitrogens is 3. The maximum absolute atomic E-state index is 9.89. The van der Waals surface area contributed by atoms with Crippen LogP contribution in [0, 0.1) is 0 Å². The van der Waals surface area contributed by atoms with Gasteiger partial charge >= 0.3 is 0 Å². The molecule has 1 unspecified atom stereocenters. The Balaban J connectivity index is 1.63. The largest absolute Gasteiger partial charge is 0.394 e. The molecule has 6 heteroatoms. The maximum atomic E-state index is 9.89. The fraction of sp³-hybridized carbons (Fsp3) is 0.263. The molecule has 1 aromatic carbocycles. The molecule has 0 aliphatic heterocycles. The Labute approximate surface area is 149 Å². The smallest absolute Gasteiger partial charge is 0.138 e. The minimum atomic E-state index is -0.109. The number of nitrogens with one attached hydrogen (secondary N) is 2. The number of para-hydroxylation sites is 1. The van der Waals surface area contributed by atoms with Crippen molar-refractivity contribution >= 4 is 38.3 Å². The molecule has 0 amide bonds. The predicted molar refractivity (Wildman–Crippen MR) is 103 cm³/mol. The first-order valence-electron chi connectivity index (χ1n) is 8.45. The van der Waals surface area contributed by atoms with Gasteiger partial charge in [0.2, 0.25) is 0 Å². The number of rotatable bonds is 6. The van der Waals surface area contributed by atoms with Gasteiger partial charge in [0.15, 0.2) is 0 Å². The van der Waals surface area contributed by atoms with Gasteiger partial charge in [-0.05, 0) is 29.5 Å². The van der Waals surface area contributed by atoms with Crippen molar-refractivity contribution in [2.75, 3.05) is 11.9 Å². The van der Waals surface area contributed by atoms with Gasteiger partial charge in [0.1, 0.15) is 16.5 Å². The SMILES string of the molecule is CCc1nc(NC(CO)Cc2c[nH]c3ccccc23)c2ccsc2n1. The molecule has 3 heterocycles. The Morgan fingerprint density at radius 3 is 2.92 bits per heavy atom. The summed E-state index contributed by atoms with van der Waals surface area (Å²) in [6, 6.07) is 10.1. The summed E-state index contributed by atoms with van der Waals surface area (Å²) in [5.74, 6) is 1.63. The zero-order valence-electron chi connectivity index (χ0n) is 14.0. The summed E-state index contributed by atoms with van der Waals surface area (Å²) in [4.78, 5) is 13.5. The van der Waals surface area contributed by atoms with Gasteiger partial charge in [-0.15, -0.1) is 11.3 Å². The van der Waals surface area contributed by atoms with Crippen LogP contribution in [0.15, 0.2) is 41.9 Å². The first-order chi connectivity index (χ1) is 12.3. The van der Waals surface area contributed by atoms with Crippen LogP contribution in [0.4, 0.5) is 5.82 Å². The summed E-state index contributed by atoms with van der Waals surface area (Å²) in [6.45, 7) is 2.09. The lowest BCUT2D eigenvalue weighted by Gasteiger charge is -2.17. The molecule has 5 nitrogen and oxygen atoms in total. The number of H-pyrrole nitrogens is 1. The molecule has 0 aliphatic carbocycles. The number of anilines is 1. The first-order valence-corrected chi connectivity index (χ1v) is 9.33. The van der Waals surface area contributed by atoms with Crippen LogP contribution in [0.2, 0.25) is 0 Å². The van der Waals surface area contributed by atoms with Crippen molar-refractivity contribution in [3.8, 4) is 0 Å². The highest BCUT2D eigenvalue weighted by Crippen LogP contribution is 2.27. The van der Waals surface area contributed by atoms with Crippen molar-refractivity contribution in [2.24, 2.45) is 0 Å². The van der Waals surface area contributed by atoms with Gasteiger partial charge < -0.3 is 15.4 Å². The van der Waals surface area contributed by atoms with Crippen LogP contribution in [0.25, 0.3) is 21.1 Å². The summed E-state index contributed by atoms with van der Waals surface area (Å²) >= 11 is 1.61. The van der Waals surface area contributed by atoms with Gasteiger partial charge in [0.05, 0.1) is 18.0 Å². The van der Waals surface area contributed by atoms with E-state index >= 15 is 0 Å². The number of hydrogen-bond donors (Lipinski definition) is 3. The van der Waals surface area contributed by atoms with Crippen LogP contribution in [-0.2, 0) is 12.8 Å². The third-order valence-corrected chi connectivity index (χ3v) is 5.20. The van der Waals surface area contributed by atoms with Crippen molar-refractivity contribution in [1.82, 2.24) is 15.0 Å². The standard InChI is InChI=1S/C19H20N4OS/c1-2-17-22-18(15-7-8-25-19(15)23-17)21-13(11-24)9-12-10-20-16-6-4-3-5-14(12)16/h3-8,10,13,20,24H,2,9,11H2,1H3,(H,21,22,23). The van der Waals surface area contributed by atoms with Crippen molar-refractivity contribution in [3.63, 3.8) is 0 Å². The predicted octanol–water partition coefficient (Wildman–Crippen LogP) is 3.75. The summed E-state index contributed by atoms with van der Waals surface area (Å²) in [7, 11) is 0. The van der Waals surface area contributed by atoms with E-state index in [0.29, 0.717) is 0 Å². The molecule has 3 N–H and O–H groups in total. The van der Waals surface area contributed by atoms with E-state index in [-0.39, 0.29) is 12.6 Å². The second kappa shape index (κ2) is 6.82. The number of aromatic amines is 1. The lowest BCUT2D eigenvalue weighted by Crippen LogP contribution is -2.27. The van der Waals surface area contributed by atoms with E-state index < -0.39 is 0 Å². The minimum absolute atomic E-state index is 0.0383. The summed E-state index contributed by atoms with van der Waals surface area (Å²) in [5, 5.41) is 17.6. The molecule has 0 spiro atoms. The molecule has 0 fully saturated rings. The molecule has 0 saturated carbocycles. The Hall–Kier alpha value is -2.44. The number of aliphatic hydroxyl groups excluding tert-OH is 1. The quantitative estimate of drug-likeness (QED) is 0.494. The number of aryl methyl sites for hydroxylation is 1. The Morgan fingerprint density at radius 1 is 1.20 bits per heavy atom. The monoisotopic (exact) mass is 352 g/mol. The van der Waals surface area contributed by atoms with Crippen LogP contribution in [0.1, 0.15) is 18.3 Å². The van der Waals surface area contributed by atoms with E-state index in [9.17, 15) is 5.11 Å². The zero-order valence-corrected chi connectivity index (χ0v) is 14.8. The molecular formula is C19H20N4OS. The molecule has 0 radical (unpaired) electrons. The van der Waals surface area contributed by atoms with Gasteiger partial charge in [0.25, 0.3) is 0 Å². The Kier molecular flexibility index (Phi) is 4.38. The Bertz CT molecular complexity index is 1010. The molecule has 4 rings (SSSR count). The number of benzene rings is 1. The molecule has 128 valence electrons. The summed E-state index contributed by atoms with van der Waals surface area (Å²) in [5.41, 5.74) is 2.30. The van der Waals surface area contributed by atoms with E-state index in [1.54, 1.807) is 11.3 Å². The number of hydrogen-bond acceptors (Lipinski definition) is 5. The molecule has 4 aromatic rings. The van der Waals surface area contributed by atoms with Crippen molar-refractivity contribution in [2.45, 2.75) is 25.8 Å². The highest BCUT2D eigenvalue weighted by Gasteiger charge is 2.15. The van der Waals surface area contributed by atoms with E-state index in [1.165, 1.54) is 10.9 Å². The molecule has 0 aliphatic rings. The van der Waals surface area contributed by atoms with Crippen molar-refractivity contribution in [3.05, 3.63) is 53.3 Å². The third kappa shape index (κ3) is 3.10. The number of fused-ring (bicyclic) bond motifs is 2. The lowest BCUT2D eigenvalue weighted by molar-refractivity contribution is 0.273. The van der Waals surface area contributed by atoms with Gasteiger partial charge in [-0.1, -0.05) is 25.1 Å². The minimum Gasteiger partial charge on any atom is -0.394 e. The lowest BCUT2D eigenvalue weighted by atomic mass is 10.1. The average molecular weight is 352 g/mol. The molecule has 1 atom stereocenters. The van der Waals surface area contributed by atoms with Crippen LogP contribution >= 0.6 is 11.3 Å². The van der Waals surface area contributed by atoms with Gasteiger partial charge in [-0.2, -0.15) is 0 Å². The van der Waals surface area contributed by atoms with Crippen LogP contribution in [0.3, 0.4) is 0 Å². The molecule has 3 aromatic heterocycles. The number of aliphatic hydroxyl groups is 1. The van der Waals surface area contributed by atoms with E-state index in [2.05, 4.69) is 32.4 Å². The van der Waals surface area contributed by atoms with E-state index in [0.717, 1.165) is 40.2 Å². The summed E-state index contributed by atoms with van der Waals surface area (Å²) in [6.07, 6.45) is 3.53. The van der Waals surface area contributed by atoms with Crippen molar-refractivity contribution < 1.29 is 5.11 Å². The third-order valence-electron chi connectivity index (χ3n) is 4.39. The number of thiophene rings is 1. The second-order valence-corrected chi connectivity index (χ2v) is 6.96. The number of nitrogens with zero attached hydrogens (tertiary/aromatic N) is 2. The molecule has 0 saturated heterocycles. The molecule has 0 bridgehead atoms. The maximum Gasteiger partial charge on any atom is 0.138 e.